The summed E-state index contributed by atoms with van der Waals surface area (Å²) in [4.78, 5) is 33.1. The first kappa shape index (κ1) is 24.2. The Bertz CT molecular complexity index is 1200. The van der Waals surface area contributed by atoms with Crippen molar-refractivity contribution in [2.45, 2.75) is 13.1 Å². The number of carbonyl (C=O) groups is 2. The number of pyridine rings is 1. The molecule has 3 aromatic rings. The van der Waals surface area contributed by atoms with E-state index in [4.69, 9.17) is 4.52 Å². The molecule has 0 atom stereocenters. The fraction of sp³-hybridized carbons (Fsp3) is 0.304. The van der Waals surface area contributed by atoms with E-state index >= 15 is 0 Å². The number of hydrogen-bond donors (Lipinski definition) is 2. The molecule has 0 aliphatic carbocycles. The lowest BCUT2D eigenvalue weighted by Crippen LogP contribution is -2.50. The number of halogens is 3. The molecule has 3 heterocycles. The average molecular weight is 488 g/mol. The minimum absolute atomic E-state index is 0.142. The van der Waals surface area contributed by atoms with E-state index in [9.17, 15) is 22.8 Å². The maximum Gasteiger partial charge on any atom is 0.416 e. The van der Waals surface area contributed by atoms with Gasteiger partial charge in [0.05, 0.1) is 17.7 Å². The van der Waals surface area contributed by atoms with Crippen LogP contribution < -0.4 is 10.6 Å². The SMILES string of the molecule is Cc1cc(NC(=O)CN2CCN(C(=O)c3cccnc3Nc3cccc(C(F)(F)F)c3)CC2)no1. The molecular formula is C23H23F3N6O3. The number of piperazine rings is 1. The Morgan fingerprint density at radius 2 is 1.86 bits per heavy atom. The molecule has 1 aliphatic rings. The number of aryl methyl sites for hydroxylation is 1. The minimum atomic E-state index is -4.48. The summed E-state index contributed by atoms with van der Waals surface area (Å²) in [7, 11) is 0. The van der Waals surface area contributed by atoms with Crippen LogP contribution in [0.3, 0.4) is 0 Å². The van der Waals surface area contributed by atoms with Crippen LogP contribution >= 0.6 is 0 Å². The number of amides is 2. The first-order valence-corrected chi connectivity index (χ1v) is 10.8. The summed E-state index contributed by atoms with van der Waals surface area (Å²) in [5.74, 6) is 0.567. The lowest BCUT2D eigenvalue weighted by Gasteiger charge is -2.34. The third-order valence-corrected chi connectivity index (χ3v) is 5.41. The van der Waals surface area contributed by atoms with E-state index in [0.717, 1.165) is 12.1 Å². The van der Waals surface area contributed by atoms with Crippen LogP contribution in [0.2, 0.25) is 0 Å². The number of benzene rings is 1. The number of hydrogen-bond acceptors (Lipinski definition) is 7. The Balaban J connectivity index is 1.36. The van der Waals surface area contributed by atoms with Crippen LogP contribution in [0.15, 0.2) is 53.2 Å². The number of nitrogens with one attached hydrogen (secondary N) is 2. The number of carbonyl (C=O) groups excluding carboxylic acids is 2. The molecule has 12 heteroatoms. The lowest BCUT2D eigenvalue weighted by molar-refractivity contribution is -0.137. The van der Waals surface area contributed by atoms with Gasteiger partial charge >= 0.3 is 6.18 Å². The molecule has 35 heavy (non-hydrogen) atoms. The van der Waals surface area contributed by atoms with Gasteiger partial charge in [-0.25, -0.2) is 4.98 Å². The van der Waals surface area contributed by atoms with Gasteiger partial charge in [-0.2, -0.15) is 13.2 Å². The molecular weight excluding hydrogens is 465 g/mol. The second-order valence-corrected chi connectivity index (χ2v) is 8.04. The summed E-state index contributed by atoms with van der Waals surface area (Å²) < 4.78 is 44.0. The van der Waals surface area contributed by atoms with E-state index in [0.29, 0.717) is 37.8 Å². The van der Waals surface area contributed by atoms with Crippen molar-refractivity contribution in [1.82, 2.24) is 19.9 Å². The van der Waals surface area contributed by atoms with Gasteiger partial charge in [0.1, 0.15) is 11.6 Å². The molecule has 0 unspecified atom stereocenters. The van der Waals surface area contributed by atoms with Gasteiger partial charge in [-0.15, -0.1) is 0 Å². The molecule has 4 rings (SSSR count). The molecule has 1 aliphatic heterocycles. The van der Waals surface area contributed by atoms with Gasteiger partial charge in [0.2, 0.25) is 5.91 Å². The van der Waals surface area contributed by atoms with Crippen molar-refractivity contribution in [2.24, 2.45) is 0 Å². The van der Waals surface area contributed by atoms with Crippen LogP contribution in [0, 0.1) is 6.92 Å². The van der Waals surface area contributed by atoms with E-state index in [2.05, 4.69) is 20.8 Å². The molecule has 0 bridgehead atoms. The molecule has 0 radical (unpaired) electrons. The van der Waals surface area contributed by atoms with Gasteiger partial charge in [0.15, 0.2) is 5.82 Å². The maximum absolute atomic E-state index is 13.2. The third-order valence-electron chi connectivity index (χ3n) is 5.41. The van der Waals surface area contributed by atoms with Crippen LogP contribution in [0.25, 0.3) is 0 Å². The van der Waals surface area contributed by atoms with Crippen LogP contribution in [-0.4, -0.2) is 64.5 Å². The number of aromatic nitrogens is 2. The average Bonchev–Trinajstić information content (AvgIpc) is 3.23. The lowest BCUT2D eigenvalue weighted by atomic mass is 10.1. The summed E-state index contributed by atoms with van der Waals surface area (Å²) in [6.45, 7) is 3.59. The smallest absolute Gasteiger partial charge is 0.360 e. The third kappa shape index (κ3) is 6.15. The zero-order chi connectivity index (χ0) is 25.0. The quantitative estimate of drug-likeness (QED) is 0.547. The van der Waals surface area contributed by atoms with E-state index in [1.54, 1.807) is 30.0 Å². The Morgan fingerprint density at radius 3 is 2.54 bits per heavy atom. The highest BCUT2D eigenvalue weighted by molar-refractivity contribution is 5.99. The highest BCUT2D eigenvalue weighted by Gasteiger charge is 2.31. The molecule has 1 aromatic carbocycles. The van der Waals surface area contributed by atoms with Crippen molar-refractivity contribution >= 4 is 29.1 Å². The molecule has 2 aromatic heterocycles. The Hall–Kier alpha value is -3.93. The first-order chi connectivity index (χ1) is 16.7. The van der Waals surface area contributed by atoms with E-state index in [1.807, 2.05) is 4.90 Å². The van der Waals surface area contributed by atoms with Gasteiger partial charge in [-0.1, -0.05) is 11.2 Å². The van der Waals surface area contributed by atoms with Crippen LogP contribution in [-0.2, 0) is 11.0 Å². The molecule has 1 fully saturated rings. The predicted octanol–water partition coefficient (Wildman–Crippen LogP) is 3.54. The first-order valence-electron chi connectivity index (χ1n) is 10.8. The minimum Gasteiger partial charge on any atom is -0.360 e. The summed E-state index contributed by atoms with van der Waals surface area (Å²) in [6.07, 6.45) is -3.02. The molecule has 2 amide bonds. The highest BCUT2D eigenvalue weighted by atomic mass is 19.4. The summed E-state index contributed by atoms with van der Waals surface area (Å²) >= 11 is 0. The zero-order valence-corrected chi connectivity index (χ0v) is 18.8. The fourth-order valence-electron chi connectivity index (χ4n) is 3.68. The van der Waals surface area contributed by atoms with Crippen LogP contribution in [0.5, 0.6) is 0 Å². The predicted molar refractivity (Wildman–Crippen MR) is 121 cm³/mol. The Labute approximate surface area is 198 Å². The zero-order valence-electron chi connectivity index (χ0n) is 18.8. The van der Waals surface area contributed by atoms with Crippen molar-refractivity contribution in [3.05, 3.63) is 65.5 Å². The second kappa shape index (κ2) is 10.1. The Morgan fingerprint density at radius 1 is 1.09 bits per heavy atom. The van der Waals surface area contributed by atoms with Gasteiger partial charge in [-0.3, -0.25) is 14.5 Å². The van der Waals surface area contributed by atoms with E-state index in [1.165, 1.54) is 18.3 Å². The molecule has 184 valence electrons. The van der Waals surface area contributed by atoms with Gasteiger partial charge in [-0.05, 0) is 37.3 Å². The largest absolute Gasteiger partial charge is 0.416 e. The number of anilines is 3. The molecule has 0 spiro atoms. The maximum atomic E-state index is 13.2. The van der Waals surface area contributed by atoms with Gasteiger partial charge in [0, 0.05) is 44.1 Å². The monoisotopic (exact) mass is 488 g/mol. The van der Waals surface area contributed by atoms with Crippen LogP contribution in [0.1, 0.15) is 21.7 Å². The Kier molecular flexibility index (Phi) is 7.01. The topological polar surface area (TPSA) is 104 Å². The normalized spacial score (nSPS) is 14.6. The van der Waals surface area contributed by atoms with Crippen LogP contribution in [0.4, 0.5) is 30.5 Å². The molecule has 9 nitrogen and oxygen atoms in total. The van der Waals surface area contributed by atoms with E-state index in [-0.39, 0.29) is 35.4 Å². The second-order valence-electron chi connectivity index (χ2n) is 8.04. The molecule has 0 saturated carbocycles. The van der Waals surface area contributed by atoms with Crippen molar-refractivity contribution in [1.29, 1.82) is 0 Å². The van der Waals surface area contributed by atoms with Crippen molar-refractivity contribution < 1.29 is 27.3 Å². The van der Waals surface area contributed by atoms with Crippen molar-refractivity contribution in [2.75, 3.05) is 43.4 Å². The highest BCUT2D eigenvalue weighted by Crippen LogP contribution is 2.31. The van der Waals surface area contributed by atoms with Gasteiger partial charge in [0.25, 0.3) is 5.91 Å². The molecule has 1 saturated heterocycles. The summed E-state index contributed by atoms with van der Waals surface area (Å²) in [5.41, 5.74) is -0.381. The number of nitrogens with zero attached hydrogens (tertiary/aromatic N) is 4. The summed E-state index contributed by atoms with van der Waals surface area (Å²) in [5, 5.41) is 9.22. The van der Waals surface area contributed by atoms with Crippen molar-refractivity contribution in [3.8, 4) is 0 Å². The number of rotatable bonds is 6. The standard InChI is InChI=1S/C23H23F3N6O3/c1-15-12-19(30-35-15)29-20(33)14-31-8-10-32(11-9-31)22(34)18-6-3-7-27-21(18)28-17-5-2-4-16(13-17)23(24,25)26/h2-7,12-13H,8-11,14H2,1H3,(H,27,28)(H,29,30,33). The molecule has 2 N–H and O–H groups in total. The fourth-order valence-corrected chi connectivity index (χ4v) is 3.68. The van der Waals surface area contributed by atoms with Crippen molar-refractivity contribution in [3.63, 3.8) is 0 Å². The number of alkyl halides is 3. The van der Waals surface area contributed by atoms with Gasteiger partial charge < -0.3 is 20.1 Å². The summed E-state index contributed by atoms with van der Waals surface area (Å²) in [6, 6.07) is 9.49. The van der Waals surface area contributed by atoms with E-state index < -0.39 is 11.7 Å².